The summed E-state index contributed by atoms with van der Waals surface area (Å²) in [5.74, 6) is 1.93. The Kier molecular flexibility index (Phi) is 11.6. The average Bonchev–Trinajstić information content (AvgIpc) is 2.33. The third-order valence-corrected chi connectivity index (χ3v) is 2.33. The van der Waals surface area contributed by atoms with Crippen LogP contribution in [0.4, 0.5) is 13.2 Å². The van der Waals surface area contributed by atoms with Gasteiger partial charge >= 0.3 is 6.18 Å². The number of carboxylic acids is 1. The van der Waals surface area contributed by atoms with Gasteiger partial charge in [-0.1, -0.05) is 27.7 Å². The third-order valence-electron chi connectivity index (χ3n) is 2.33. The number of halogens is 3. The van der Waals surface area contributed by atoms with E-state index in [9.17, 15) is 18.0 Å². The zero-order valence-electron chi connectivity index (χ0n) is 14.2. The number of carbonyl (C=O) groups is 2. The van der Waals surface area contributed by atoms with Gasteiger partial charge in [-0.3, -0.25) is 15.6 Å². The lowest BCUT2D eigenvalue weighted by Crippen LogP contribution is -2.70. The summed E-state index contributed by atoms with van der Waals surface area (Å²) in [6.07, 6.45) is -5.19. The molecule has 0 aliphatic carbocycles. The summed E-state index contributed by atoms with van der Waals surface area (Å²) in [6.45, 7) is 10.3. The molecule has 0 heterocycles. The highest BCUT2D eigenvalue weighted by molar-refractivity contribution is 5.77. The van der Waals surface area contributed by atoms with Crippen LogP contribution in [0.25, 0.3) is 0 Å². The number of rotatable bonds is 7. The molecule has 23 heavy (non-hydrogen) atoms. The second kappa shape index (κ2) is 11.2. The van der Waals surface area contributed by atoms with Gasteiger partial charge in [0.1, 0.15) is 12.5 Å². The fraction of sp³-hybridized carbons (Fsp3) is 0.846. The van der Waals surface area contributed by atoms with Gasteiger partial charge in [-0.05, 0) is 11.8 Å². The fourth-order valence-electron chi connectivity index (χ4n) is 1.54. The number of nitrogens with one attached hydrogen (secondary N) is 1. The summed E-state index contributed by atoms with van der Waals surface area (Å²) in [4.78, 5) is 20.7. The number of carbonyl (C=O) groups excluding carboxylic acids is 2. The lowest BCUT2D eigenvalue weighted by Gasteiger charge is -2.25. The first-order valence-electron chi connectivity index (χ1n) is 7.12. The van der Waals surface area contributed by atoms with Crippen molar-refractivity contribution in [2.75, 3.05) is 26.7 Å². The highest BCUT2D eigenvalue weighted by Crippen LogP contribution is 2.11. The smallest absolute Gasteiger partial charge is 0.430 e. The van der Waals surface area contributed by atoms with Gasteiger partial charge in [0.25, 0.3) is 5.91 Å². The molecule has 0 radical (unpaired) electrons. The summed E-state index contributed by atoms with van der Waals surface area (Å²) in [5, 5.41) is 12.3. The highest BCUT2D eigenvalue weighted by atomic mass is 19.4. The molecule has 138 valence electrons. The molecule has 0 saturated heterocycles. The van der Waals surface area contributed by atoms with Gasteiger partial charge in [0.15, 0.2) is 0 Å². The number of aliphatic carboxylic acids is 1. The maximum absolute atomic E-state index is 11.9. The quantitative estimate of drug-likeness (QED) is 0.578. The lowest BCUT2D eigenvalue weighted by molar-refractivity contribution is -0.573. The molecule has 0 bridgehead atoms. The largest absolute Gasteiger partial charge is 0.542 e. The molecular formula is C13H27F3N4O3. The number of carboxylic acid groups (broad SMARTS) is 1. The summed E-state index contributed by atoms with van der Waals surface area (Å²) < 4.78 is 31.5. The molecular weight excluding hydrogens is 317 g/mol. The fourth-order valence-corrected chi connectivity index (χ4v) is 1.54. The molecule has 0 aliphatic rings. The molecule has 0 aliphatic heterocycles. The van der Waals surface area contributed by atoms with E-state index in [0.29, 0.717) is 18.4 Å². The van der Waals surface area contributed by atoms with Crippen LogP contribution >= 0.6 is 0 Å². The first-order chi connectivity index (χ1) is 10.3. The number of hydrogen-bond acceptors (Lipinski definition) is 5. The van der Waals surface area contributed by atoms with E-state index in [2.05, 4.69) is 39.0 Å². The van der Waals surface area contributed by atoms with Crippen LogP contribution in [0.15, 0.2) is 0 Å². The van der Waals surface area contributed by atoms with Crippen LogP contribution in [0.3, 0.4) is 0 Å². The zero-order valence-corrected chi connectivity index (χ0v) is 14.2. The molecule has 10 heteroatoms. The number of hydrogen-bond donors (Lipinski definition) is 2. The first-order valence-corrected chi connectivity index (χ1v) is 7.12. The number of hydrazine groups is 1. The topological polar surface area (TPSA) is 103 Å². The van der Waals surface area contributed by atoms with Crippen LogP contribution < -0.4 is 16.4 Å². The maximum atomic E-state index is 11.9. The van der Waals surface area contributed by atoms with Crippen molar-refractivity contribution in [1.29, 1.82) is 0 Å². The molecule has 0 atom stereocenters. The minimum Gasteiger partial charge on any atom is -0.542 e. The van der Waals surface area contributed by atoms with Crippen molar-refractivity contribution < 1.29 is 33.7 Å². The Balaban J connectivity index is 0. The van der Waals surface area contributed by atoms with Crippen LogP contribution in [-0.2, 0) is 9.59 Å². The highest BCUT2D eigenvalue weighted by Gasteiger charge is 2.28. The van der Waals surface area contributed by atoms with Crippen LogP contribution in [0.1, 0.15) is 27.7 Å². The maximum Gasteiger partial charge on any atom is 0.430 e. The van der Waals surface area contributed by atoms with E-state index in [1.54, 1.807) is 12.1 Å². The Morgan fingerprint density at radius 1 is 1.13 bits per heavy atom. The Morgan fingerprint density at radius 3 is 1.78 bits per heavy atom. The van der Waals surface area contributed by atoms with E-state index < -0.39 is 12.1 Å². The van der Waals surface area contributed by atoms with Gasteiger partial charge in [0.2, 0.25) is 0 Å². The Labute approximate surface area is 134 Å². The number of nitrogens with zero attached hydrogens (tertiary/aromatic N) is 2. The van der Waals surface area contributed by atoms with E-state index in [1.807, 2.05) is 5.01 Å². The van der Waals surface area contributed by atoms with Crippen molar-refractivity contribution >= 4 is 11.9 Å². The van der Waals surface area contributed by atoms with Gasteiger partial charge in [-0.2, -0.15) is 18.2 Å². The molecule has 4 N–H and O–H groups in total. The Bertz CT molecular complexity index is 363. The molecule has 0 saturated carbocycles. The summed E-state index contributed by atoms with van der Waals surface area (Å²) in [5.41, 5.74) is 2.92. The van der Waals surface area contributed by atoms with Gasteiger partial charge in [0, 0.05) is 13.6 Å². The van der Waals surface area contributed by atoms with Crippen molar-refractivity contribution in [3.05, 3.63) is 0 Å². The van der Waals surface area contributed by atoms with E-state index in [0.717, 1.165) is 13.1 Å². The number of amides is 1. The number of alkyl halides is 3. The van der Waals surface area contributed by atoms with Crippen LogP contribution in [0.5, 0.6) is 0 Å². The first kappa shape index (κ1) is 23.9. The van der Waals surface area contributed by atoms with Crippen molar-refractivity contribution in [2.45, 2.75) is 33.9 Å². The van der Waals surface area contributed by atoms with E-state index in [1.165, 1.54) is 0 Å². The Hall–Kier alpha value is -1.39. The molecule has 7 nitrogen and oxygen atoms in total. The molecule has 0 aromatic rings. The van der Waals surface area contributed by atoms with Crippen LogP contribution in [0.2, 0.25) is 0 Å². The summed E-state index contributed by atoms with van der Waals surface area (Å²) in [6, 6.07) is 0. The third kappa shape index (κ3) is 14.0. The minimum atomic E-state index is -5.19. The molecule has 0 aromatic heterocycles. The molecule has 0 spiro atoms. The van der Waals surface area contributed by atoms with Crippen LogP contribution in [0, 0.1) is 11.8 Å². The van der Waals surface area contributed by atoms with Crippen molar-refractivity contribution in [2.24, 2.45) is 11.8 Å². The average molecular weight is 344 g/mol. The Morgan fingerprint density at radius 2 is 1.52 bits per heavy atom. The molecule has 0 aromatic carbocycles. The normalized spacial score (nSPS) is 11.5. The predicted molar refractivity (Wildman–Crippen MR) is 76.0 cm³/mol. The number of quaternary nitrogens is 1. The van der Waals surface area contributed by atoms with E-state index in [-0.39, 0.29) is 5.91 Å². The monoisotopic (exact) mass is 344 g/mol. The van der Waals surface area contributed by atoms with Crippen molar-refractivity contribution in [3.8, 4) is 0 Å². The summed E-state index contributed by atoms with van der Waals surface area (Å²) >= 11 is 0. The SMILES string of the molecule is CNN(CC(C)C)C(=O)CN([NH3+])CC(C)C.O=C([O-])C(F)(F)F. The minimum absolute atomic E-state index is 0.0758. The van der Waals surface area contributed by atoms with Gasteiger partial charge in [-0.15, -0.1) is 0 Å². The molecule has 0 unspecified atom stereocenters. The summed E-state index contributed by atoms with van der Waals surface area (Å²) in [7, 11) is 1.77. The standard InChI is InChI=1S/C11H26N4O.C2HF3O2/c1-9(2)6-14(12)8-11(16)15(13-5)7-10(3)4;3-2(4,5)1(6)7/h9-10,13H,6-8,12H2,1-5H3;(H,6,7). The second-order valence-electron chi connectivity index (χ2n) is 5.81. The molecule has 0 rings (SSSR count). The molecule has 1 amide bonds. The zero-order chi connectivity index (χ0) is 18.8. The van der Waals surface area contributed by atoms with Crippen molar-refractivity contribution in [1.82, 2.24) is 15.4 Å². The lowest BCUT2D eigenvalue weighted by atomic mass is 10.2. The molecule has 0 fully saturated rings. The van der Waals surface area contributed by atoms with Gasteiger partial charge in [-0.25, -0.2) is 5.43 Å². The van der Waals surface area contributed by atoms with Crippen LogP contribution in [-0.4, -0.2) is 54.8 Å². The second-order valence-corrected chi connectivity index (χ2v) is 5.81. The predicted octanol–water partition coefficient (Wildman–Crippen LogP) is -0.981. The van der Waals surface area contributed by atoms with E-state index in [4.69, 9.17) is 9.90 Å². The van der Waals surface area contributed by atoms with Gasteiger partial charge in [0.05, 0.1) is 6.54 Å². The van der Waals surface area contributed by atoms with Gasteiger partial charge < -0.3 is 9.90 Å². The van der Waals surface area contributed by atoms with Crippen molar-refractivity contribution in [3.63, 3.8) is 0 Å². The van der Waals surface area contributed by atoms with E-state index >= 15 is 0 Å².